The average molecular weight is 423 g/mol. The summed E-state index contributed by atoms with van der Waals surface area (Å²) in [7, 11) is 0. The molecule has 2 saturated heterocycles. The van der Waals surface area contributed by atoms with Gasteiger partial charge in [0.1, 0.15) is 36.6 Å². The molecule has 0 spiro atoms. The Hall–Kier alpha value is -0.400. The van der Waals surface area contributed by atoms with Gasteiger partial charge in [0.15, 0.2) is 6.29 Å². The predicted octanol–water partition coefficient (Wildman–Crippen LogP) is -2.01. The van der Waals surface area contributed by atoms with Crippen LogP contribution in [0, 0.1) is 0 Å². The van der Waals surface area contributed by atoms with Gasteiger partial charge in [0.05, 0.1) is 19.3 Å². The molecule has 2 rings (SSSR count). The minimum atomic E-state index is -1.64. The molecule has 0 radical (unpaired) electrons. The fraction of sp³-hybridized carbons (Fsp3) is 1.00. The van der Waals surface area contributed by atoms with Crippen molar-refractivity contribution in [2.75, 3.05) is 19.8 Å². The normalized spacial score (nSPS) is 38.6. The van der Waals surface area contributed by atoms with Crippen molar-refractivity contribution >= 4 is 0 Å². The van der Waals surface area contributed by atoms with Gasteiger partial charge in [0, 0.05) is 12.9 Å². The van der Waals surface area contributed by atoms with Crippen molar-refractivity contribution in [3.8, 4) is 0 Å². The van der Waals surface area contributed by atoms with E-state index in [-0.39, 0.29) is 0 Å². The summed E-state index contributed by atoms with van der Waals surface area (Å²) in [5, 5.41) is 61.1. The van der Waals surface area contributed by atoms with Gasteiger partial charge < -0.3 is 49.6 Å². The first-order valence-corrected chi connectivity index (χ1v) is 10.4. The third kappa shape index (κ3) is 6.54. The zero-order valence-corrected chi connectivity index (χ0v) is 16.8. The van der Waals surface area contributed by atoms with Crippen LogP contribution in [0.1, 0.15) is 45.4 Å². The summed E-state index contributed by atoms with van der Waals surface area (Å²) >= 11 is 0. The van der Waals surface area contributed by atoms with Crippen LogP contribution in [-0.4, -0.2) is 101 Å². The molecule has 172 valence electrons. The van der Waals surface area contributed by atoms with Crippen LogP contribution in [0.2, 0.25) is 0 Å². The summed E-state index contributed by atoms with van der Waals surface area (Å²) in [4.78, 5) is 0. The molecule has 2 aliphatic rings. The maximum atomic E-state index is 12.2. The second-order valence-corrected chi connectivity index (χ2v) is 7.63. The first-order chi connectivity index (χ1) is 13.9. The summed E-state index contributed by atoms with van der Waals surface area (Å²) in [6, 6.07) is 0. The summed E-state index contributed by atoms with van der Waals surface area (Å²) in [5.74, 6) is 0. The number of rotatable bonds is 13. The lowest BCUT2D eigenvalue weighted by atomic mass is 10.1. The van der Waals surface area contributed by atoms with E-state index in [4.69, 9.17) is 24.1 Å². The number of hydrogen-bond acceptors (Lipinski definition) is 10. The second-order valence-electron chi connectivity index (χ2n) is 7.63. The average Bonchev–Trinajstić information content (AvgIpc) is 3.15. The molecule has 29 heavy (non-hydrogen) atoms. The van der Waals surface area contributed by atoms with Gasteiger partial charge in [-0.1, -0.05) is 39.0 Å². The molecule has 10 nitrogen and oxygen atoms in total. The minimum absolute atomic E-state index is 0.322. The summed E-state index contributed by atoms with van der Waals surface area (Å²) in [6.07, 6.45) is -5.28. The number of aliphatic hydroxyl groups is 5. The minimum Gasteiger partial charge on any atom is -0.829 e. The Kier molecular flexibility index (Phi) is 10.7. The van der Waals surface area contributed by atoms with E-state index in [0.717, 1.165) is 32.1 Å². The van der Waals surface area contributed by atoms with Crippen LogP contribution in [-0.2, 0) is 18.9 Å². The van der Waals surface area contributed by atoms with Crippen molar-refractivity contribution in [3.05, 3.63) is 0 Å². The fourth-order valence-electron chi connectivity index (χ4n) is 3.62. The molecule has 0 aromatic rings. The molecule has 0 aromatic heterocycles. The van der Waals surface area contributed by atoms with Crippen LogP contribution in [0.25, 0.3) is 0 Å². The lowest BCUT2D eigenvalue weighted by Gasteiger charge is -2.28. The van der Waals surface area contributed by atoms with Crippen molar-refractivity contribution < 1.29 is 49.6 Å². The van der Waals surface area contributed by atoms with E-state index in [0.29, 0.717) is 6.61 Å². The highest BCUT2D eigenvalue weighted by atomic mass is 16.7. The molecule has 0 bridgehead atoms. The molecule has 0 aromatic carbocycles. The molecule has 5 N–H and O–H groups in total. The Morgan fingerprint density at radius 3 is 2.24 bits per heavy atom. The van der Waals surface area contributed by atoms with Gasteiger partial charge in [-0.2, -0.15) is 0 Å². The summed E-state index contributed by atoms with van der Waals surface area (Å²) in [6.45, 7) is 1.32. The lowest BCUT2D eigenvalue weighted by Crippen LogP contribution is -2.46. The van der Waals surface area contributed by atoms with Crippen LogP contribution in [0.15, 0.2) is 0 Å². The maximum absolute atomic E-state index is 12.2. The SMILES string of the molecule is CCCCCCCCO[C@@H]1[C@@H](O)[C@H]([C@@H](CO)O[C@H]2O[C@H](CO)[C@@H](O)[C@@H]2O)O[C@H]1[O-]. The molecule has 2 aliphatic heterocycles. The second kappa shape index (κ2) is 12.5. The van der Waals surface area contributed by atoms with Crippen LogP contribution in [0.3, 0.4) is 0 Å². The van der Waals surface area contributed by atoms with Crippen LogP contribution >= 0.6 is 0 Å². The van der Waals surface area contributed by atoms with Crippen LogP contribution in [0.5, 0.6) is 0 Å². The molecule has 9 atom stereocenters. The Morgan fingerprint density at radius 1 is 0.931 bits per heavy atom. The molecule has 2 fully saturated rings. The standard InChI is InChI=1S/C19H35O10/c1-2-3-4-5-6-7-8-26-17-15(24)16(29-18(17)25)12(10-21)28-19-14(23)13(22)11(9-20)27-19/h11-24H,2-10H2,1H3/q-1/t11-,12-,13-,14+,15+,16+,17-,18-,19-/m1/s1. The van der Waals surface area contributed by atoms with E-state index >= 15 is 0 Å². The van der Waals surface area contributed by atoms with Crippen molar-refractivity contribution in [2.45, 2.75) is 101 Å². The predicted molar refractivity (Wildman–Crippen MR) is 97.5 cm³/mol. The summed E-state index contributed by atoms with van der Waals surface area (Å²) in [5.41, 5.74) is 0. The van der Waals surface area contributed by atoms with Gasteiger partial charge in [0.2, 0.25) is 0 Å². The zero-order valence-electron chi connectivity index (χ0n) is 16.8. The Labute approximate surface area is 171 Å². The van der Waals surface area contributed by atoms with Crippen LogP contribution in [0.4, 0.5) is 0 Å². The Balaban J connectivity index is 1.81. The molecular formula is C19H35O10-. The van der Waals surface area contributed by atoms with Gasteiger partial charge in [-0.15, -0.1) is 0 Å². The van der Waals surface area contributed by atoms with E-state index in [2.05, 4.69) is 6.92 Å². The van der Waals surface area contributed by atoms with Crippen molar-refractivity contribution in [1.82, 2.24) is 0 Å². The Morgan fingerprint density at radius 2 is 1.62 bits per heavy atom. The lowest BCUT2D eigenvalue weighted by molar-refractivity contribution is -0.501. The quantitative estimate of drug-likeness (QED) is 0.209. The topological polar surface area (TPSA) is 161 Å². The van der Waals surface area contributed by atoms with Crippen molar-refractivity contribution in [2.24, 2.45) is 0 Å². The van der Waals surface area contributed by atoms with E-state index in [1.807, 2.05) is 0 Å². The first-order valence-electron chi connectivity index (χ1n) is 10.4. The third-order valence-corrected chi connectivity index (χ3v) is 5.39. The van der Waals surface area contributed by atoms with Crippen LogP contribution < -0.4 is 5.11 Å². The highest BCUT2D eigenvalue weighted by Gasteiger charge is 2.48. The third-order valence-electron chi connectivity index (χ3n) is 5.39. The number of aliphatic hydroxyl groups excluding tert-OH is 5. The molecular weight excluding hydrogens is 388 g/mol. The monoisotopic (exact) mass is 423 g/mol. The molecule has 0 saturated carbocycles. The van der Waals surface area contributed by atoms with Gasteiger partial charge in [0.25, 0.3) is 0 Å². The van der Waals surface area contributed by atoms with Crippen molar-refractivity contribution in [3.63, 3.8) is 0 Å². The highest BCUT2D eigenvalue weighted by Crippen LogP contribution is 2.29. The van der Waals surface area contributed by atoms with Gasteiger partial charge >= 0.3 is 0 Å². The number of unbranched alkanes of at least 4 members (excludes halogenated alkanes) is 5. The molecule has 0 unspecified atom stereocenters. The summed E-state index contributed by atoms with van der Waals surface area (Å²) < 4.78 is 21.4. The van der Waals surface area contributed by atoms with E-state index in [1.54, 1.807) is 0 Å². The molecule has 0 aliphatic carbocycles. The van der Waals surface area contributed by atoms with E-state index in [1.165, 1.54) is 6.42 Å². The van der Waals surface area contributed by atoms with E-state index in [9.17, 15) is 25.5 Å². The molecule has 0 amide bonds. The number of hydrogen-bond donors (Lipinski definition) is 5. The highest BCUT2D eigenvalue weighted by molar-refractivity contribution is 4.93. The van der Waals surface area contributed by atoms with Crippen molar-refractivity contribution in [1.29, 1.82) is 0 Å². The maximum Gasteiger partial charge on any atom is 0.187 e. The van der Waals surface area contributed by atoms with E-state index < -0.39 is 68.5 Å². The molecule has 2 heterocycles. The first kappa shape index (κ1) is 24.9. The smallest absolute Gasteiger partial charge is 0.187 e. The van der Waals surface area contributed by atoms with Gasteiger partial charge in [-0.3, -0.25) is 0 Å². The van der Waals surface area contributed by atoms with Gasteiger partial charge in [-0.25, -0.2) is 0 Å². The zero-order chi connectivity index (χ0) is 21.4. The fourth-order valence-corrected chi connectivity index (χ4v) is 3.62. The number of ether oxygens (including phenoxy) is 4. The Bertz CT molecular complexity index is 453. The molecule has 10 heteroatoms. The largest absolute Gasteiger partial charge is 0.829 e. The van der Waals surface area contributed by atoms with Gasteiger partial charge in [-0.05, 0) is 6.42 Å².